The zero-order valence-corrected chi connectivity index (χ0v) is 9.94. The van der Waals surface area contributed by atoms with E-state index < -0.39 is 6.10 Å². The smallest absolute Gasteiger partial charge is 0.851 e. The first-order chi connectivity index (χ1) is 7.16. The van der Waals surface area contributed by atoms with Crippen molar-refractivity contribution in [3.05, 3.63) is 48.0 Å². The van der Waals surface area contributed by atoms with E-state index in [9.17, 15) is 5.11 Å². The maximum absolute atomic E-state index is 11.9. The Hall–Kier alpha value is -0.923. The molecule has 78 valence electrons. The summed E-state index contributed by atoms with van der Waals surface area (Å²) in [6.07, 6.45) is 4.61. The maximum atomic E-state index is 11.9. The van der Waals surface area contributed by atoms with Gasteiger partial charge < -0.3 is 5.11 Å². The molecule has 2 heteroatoms. The first kappa shape index (κ1) is 15.1. The normalized spacial score (nSPS) is 13.1. The van der Waals surface area contributed by atoms with Crippen LogP contribution in [0.5, 0.6) is 0 Å². The van der Waals surface area contributed by atoms with Crippen molar-refractivity contribution >= 4 is 0 Å². The largest absolute Gasteiger partial charge is 1.00 e. The Morgan fingerprint density at radius 2 is 2.00 bits per heavy atom. The molecule has 0 saturated heterocycles. The topological polar surface area (TPSA) is 23.1 Å². The van der Waals surface area contributed by atoms with Crippen LogP contribution in [0.2, 0.25) is 0 Å². The monoisotopic (exact) mass is 206 g/mol. The van der Waals surface area contributed by atoms with Crippen LogP contribution in [0.3, 0.4) is 0 Å². The van der Waals surface area contributed by atoms with Crippen LogP contribution in [0.25, 0.3) is 0 Å². The molecule has 0 aliphatic carbocycles. The molecule has 0 amide bonds. The Morgan fingerprint density at radius 3 is 2.44 bits per heavy atom. The molecular formula is C14H15LiO. The van der Waals surface area contributed by atoms with Gasteiger partial charge in [-0.05, 0) is 24.8 Å². The predicted octanol–water partition coefficient (Wildman–Crippen LogP) is -0.897. The average molecular weight is 206 g/mol. The van der Waals surface area contributed by atoms with Crippen molar-refractivity contribution in [2.45, 2.75) is 25.4 Å². The minimum absolute atomic E-state index is 0. The summed E-state index contributed by atoms with van der Waals surface area (Å²) in [5, 5.41) is 11.9. The zero-order chi connectivity index (χ0) is 11.3. The van der Waals surface area contributed by atoms with Crippen molar-refractivity contribution in [1.29, 1.82) is 0 Å². The molecule has 0 spiro atoms. The second kappa shape index (κ2) is 7.37. The fraction of sp³-hybridized carbons (Fsp3) is 0.286. The molecule has 0 radical (unpaired) electrons. The van der Waals surface area contributed by atoms with Crippen LogP contribution in [0.15, 0.2) is 42.5 Å². The van der Waals surface area contributed by atoms with Crippen molar-refractivity contribution in [3.8, 4) is 12.3 Å². The van der Waals surface area contributed by atoms with Crippen LogP contribution in [0.4, 0.5) is 0 Å². The third kappa shape index (κ3) is 3.91. The minimum Gasteiger partial charge on any atom is -0.851 e. The Balaban J connectivity index is 0.00000225. The van der Waals surface area contributed by atoms with Gasteiger partial charge in [-0.1, -0.05) is 42.5 Å². The molecule has 0 fully saturated rings. The van der Waals surface area contributed by atoms with Crippen molar-refractivity contribution in [2.24, 2.45) is 0 Å². The summed E-state index contributed by atoms with van der Waals surface area (Å²) < 4.78 is 0. The van der Waals surface area contributed by atoms with Gasteiger partial charge in [-0.2, -0.15) is 0 Å². The molecule has 0 saturated carbocycles. The second-order valence-corrected chi connectivity index (χ2v) is 3.68. The SMILES string of the molecule is C#CC[C@@H]([O-])[C@@H](C(=C)C)c1ccccc1.[Li+]. The Labute approximate surface area is 110 Å². The van der Waals surface area contributed by atoms with Crippen molar-refractivity contribution < 1.29 is 24.0 Å². The van der Waals surface area contributed by atoms with E-state index in [1.54, 1.807) is 0 Å². The Bertz CT molecular complexity index is 364. The first-order valence-electron chi connectivity index (χ1n) is 4.96. The average Bonchev–Trinajstić information content (AvgIpc) is 2.19. The van der Waals surface area contributed by atoms with Crippen LogP contribution < -0.4 is 24.0 Å². The minimum atomic E-state index is -0.796. The van der Waals surface area contributed by atoms with Gasteiger partial charge in [0.25, 0.3) is 0 Å². The summed E-state index contributed by atoms with van der Waals surface area (Å²) in [6.45, 7) is 5.74. The van der Waals surface area contributed by atoms with E-state index in [0.717, 1.165) is 11.1 Å². The summed E-state index contributed by atoms with van der Waals surface area (Å²) in [5.41, 5.74) is 1.87. The van der Waals surface area contributed by atoms with Gasteiger partial charge in [0, 0.05) is 0 Å². The second-order valence-electron chi connectivity index (χ2n) is 3.68. The Kier molecular flexibility index (Phi) is 6.94. The van der Waals surface area contributed by atoms with Gasteiger partial charge in [0.1, 0.15) is 0 Å². The molecular weight excluding hydrogens is 191 g/mol. The summed E-state index contributed by atoms with van der Waals surface area (Å²) in [7, 11) is 0. The van der Waals surface area contributed by atoms with Gasteiger partial charge in [-0.25, -0.2) is 0 Å². The van der Waals surface area contributed by atoms with Gasteiger partial charge in [0.15, 0.2) is 0 Å². The van der Waals surface area contributed by atoms with Crippen molar-refractivity contribution in [3.63, 3.8) is 0 Å². The first-order valence-corrected chi connectivity index (χ1v) is 4.96. The third-order valence-corrected chi connectivity index (χ3v) is 2.38. The molecule has 0 unspecified atom stereocenters. The molecule has 1 rings (SSSR count). The quantitative estimate of drug-likeness (QED) is 0.356. The number of hydrogen-bond donors (Lipinski definition) is 0. The predicted molar refractivity (Wildman–Crippen MR) is 61.2 cm³/mol. The fourth-order valence-electron chi connectivity index (χ4n) is 1.71. The Morgan fingerprint density at radius 1 is 1.44 bits per heavy atom. The van der Waals surface area contributed by atoms with Gasteiger partial charge >= 0.3 is 18.9 Å². The number of benzene rings is 1. The molecule has 2 atom stereocenters. The number of hydrogen-bond acceptors (Lipinski definition) is 1. The molecule has 1 aromatic carbocycles. The van der Waals surface area contributed by atoms with Crippen molar-refractivity contribution in [2.75, 3.05) is 0 Å². The van der Waals surface area contributed by atoms with E-state index in [0.29, 0.717) is 0 Å². The summed E-state index contributed by atoms with van der Waals surface area (Å²) in [5.74, 6) is 2.24. The van der Waals surface area contributed by atoms with Gasteiger partial charge in [0.05, 0.1) is 0 Å². The van der Waals surface area contributed by atoms with E-state index in [1.165, 1.54) is 0 Å². The van der Waals surface area contributed by atoms with E-state index in [-0.39, 0.29) is 31.2 Å². The van der Waals surface area contributed by atoms with E-state index in [1.807, 2.05) is 37.3 Å². The fourth-order valence-corrected chi connectivity index (χ4v) is 1.71. The summed E-state index contributed by atoms with van der Waals surface area (Å²) in [6, 6.07) is 9.67. The number of rotatable bonds is 4. The van der Waals surface area contributed by atoms with E-state index in [2.05, 4.69) is 12.5 Å². The van der Waals surface area contributed by atoms with Gasteiger partial charge in [-0.15, -0.1) is 18.4 Å². The van der Waals surface area contributed by atoms with Crippen molar-refractivity contribution in [1.82, 2.24) is 0 Å². The van der Waals surface area contributed by atoms with Crippen LogP contribution in [0.1, 0.15) is 24.8 Å². The van der Waals surface area contributed by atoms with Crippen LogP contribution >= 0.6 is 0 Å². The van der Waals surface area contributed by atoms with Crippen LogP contribution in [-0.2, 0) is 0 Å². The maximum Gasteiger partial charge on any atom is 1.00 e. The van der Waals surface area contributed by atoms with E-state index >= 15 is 0 Å². The van der Waals surface area contributed by atoms with E-state index in [4.69, 9.17) is 6.42 Å². The number of terminal acetylenes is 1. The molecule has 0 aromatic heterocycles. The molecule has 0 bridgehead atoms. The molecule has 0 aliphatic rings. The summed E-state index contributed by atoms with van der Waals surface area (Å²) >= 11 is 0. The zero-order valence-electron chi connectivity index (χ0n) is 9.94. The molecule has 0 N–H and O–H groups in total. The third-order valence-electron chi connectivity index (χ3n) is 2.38. The van der Waals surface area contributed by atoms with Gasteiger partial charge in [0.2, 0.25) is 0 Å². The summed E-state index contributed by atoms with van der Waals surface area (Å²) in [4.78, 5) is 0. The molecule has 0 aliphatic heterocycles. The molecule has 1 aromatic rings. The van der Waals surface area contributed by atoms with Crippen LogP contribution in [-0.4, -0.2) is 6.10 Å². The van der Waals surface area contributed by atoms with Crippen LogP contribution in [0, 0.1) is 12.3 Å². The standard InChI is InChI=1S/C14H15O.Li/c1-4-8-13(15)14(11(2)3)12-9-6-5-7-10-12;/h1,5-7,9-10,13-14H,2,8H2,3H3;/q-1;+1/t13-,14+;/m1./s1. The molecule has 1 nitrogen and oxygen atoms in total. The van der Waals surface area contributed by atoms with Gasteiger partial charge in [-0.3, -0.25) is 0 Å². The molecule has 0 heterocycles. The molecule has 16 heavy (non-hydrogen) atoms.